The summed E-state index contributed by atoms with van der Waals surface area (Å²) in [5, 5.41) is 14.2. The molecule has 0 spiro atoms. The molecule has 5 aromatic rings. The van der Waals surface area contributed by atoms with E-state index in [1.807, 2.05) is 64.3 Å². The maximum atomic E-state index is 13.5. The smallest absolute Gasteiger partial charge is 0.274 e. The Labute approximate surface area is 342 Å². The van der Waals surface area contributed by atoms with E-state index in [1.165, 1.54) is 24.0 Å². The molecule has 2 atom stereocenters. The van der Waals surface area contributed by atoms with Gasteiger partial charge in [-0.05, 0) is 123 Å². The van der Waals surface area contributed by atoms with Gasteiger partial charge in [0.15, 0.2) is 0 Å². The third kappa shape index (κ3) is 9.55. The van der Waals surface area contributed by atoms with Crippen LogP contribution in [0.2, 0.25) is 0 Å². The molecular weight excluding hydrogens is 755 g/mol. The number of thioether (sulfide) groups is 1. The number of carbonyl (C=O) groups is 1. The number of ether oxygens (including phenoxy) is 3. The molecule has 2 unspecified atom stereocenters. The van der Waals surface area contributed by atoms with Gasteiger partial charge in [-0.3, -0.25) is 19.4 Å². The molecule has 2 saturated carbocycles. The second-order valence-corrected chi connectivity index (χ2v) is 16.3. The van der Waals surface area contributed by atoms with E-state index in [2.05, 4.69) is 10.3 Å². The molecular formula is C44H51N7O6S. The predicted octanol–water partition coefficient (Wildman–Crippen LogP) is 8.31. The first-order valence-corrected chi connectivity index (χ1v) is 20.6. The first-order valence-electron chi connectivity index (χ1n) is 19.8. The number of nitrogens with zero attached hydrogens (tertiary/aromatic N) is 6. The number of fused-ring (bicyclic) bond motifs is 1. The summed E-state index contributed by atoms with van der Waals surface area (Å²) in [5.41, 5.74) is 5.13. The topological polar surface area (TPSA) is 155 Å². The molecule has 2 aliphatic carbocycles. The van der Waals surface area contributed by atoms with E-state index in [1.54, 1.807) is 29.8 Å². The van der Waals surface area contributed by atoms with Crippen LogP contribution in [-0.2, 0) is 27.7 Å². The number of aryl methyl sites for hydroxylation is 1. The molecule has 4 fully saturated rings. The van der Waals surface area contributed by atoms with Crippen molar-refractivity contribution in [2.24, 2.45) is 7.05 Å². The average molecular weight is 806 g/mol. The van der Waals surface area contributed by atoms with E-state index in [4.69, 9.17) is 24.5 Å². The van der Waals surface area contributed by atoms with Crippen LogP contribution in [0, 0.1) is 10.7 Å². The van der Waals surface area contributed by atoms with Crippen LogP contribution < -0.4 is 21.2 Å². The number of hydrogen-bond donors (Lipinski definition) is 1. The second kappa shape index (κ2) is 18.1. The number of benzene rings is 1. The van der Waals surface area contributed by atoms with E-state index >= 15 is 0 Å². The van der Waals surface area contributed by atoms with Gasteiger partial charge >= 0.3 is 0 Å². The molecule has 6 heterocycles. The van der Waals surface area contributed by atoms with Crippen molar-refractivity contribution in [2.45, 2.75) is 101 Å². The Bertz CT molecular complexity index is 2430. The summed E-state index contributed by atoms with van der Waals surface area (Å²) in [6.07, 6.45) is 14.5. The fourth-order valence-corrected chi connectivity index (χ4v) is 8.10. The molecule has 2 saturated heterocycles. The summed E-state index contributed by atoms with van der Waals surface area (Å²) >= 11 is 0.971. The number of aromatic nitrogens is 5. The molecule has 4 aliphatic rings. The number of pyridine rings is 3. The number of imidazole rings is 1. The van der Waals surface area contributed by atoms with Gasteiger partial charge in [0, 0.05) is 57.4 Å². The maximum absolute atomic E-state index is 13.5. The van der Waals surface area contributed by atoms with Gasteiger partial charge in [-0.1, -0.05) is 7.43 Å². The van der Waals surface area contributed by atoms with Gasteiger partial charge in [0.1, 0.15) is 28.4 Å². The van der Waals surface area contributed by atoms with Crippen LogP contribution in [0.25, 0.3) is 11.0 Å². The highest BCUT2D eigenvalue weighted by molar-refractivity contribution is 8.03. The van der Waals surface area contributed by atoms with E-state index in [0.717, 1.165) is 74.5 Å². The van der Waals surface area contributed by atoms with E-state index in [9.17, 15) is 14.4 Å². The third-order valence-electron chi connectivity index (χ3n) is 11.0. The summed E-state index contributed by atoms with van der Waals surface area (Å²) < 4.78 is 22.8. The van der Waals surface area contributed by atoms with Gasteiger partial charge in [-0.25, -0.2) is 4.98 Å². The minimum atomic E-state index is -0.0555. The van der Waals surface area contributed by atoms with Crippen molar-refractivity contribution in [1.82, 2.24) is 23.7 Å². The van der Waals surface area contributed by atoms with Crippen molar-refractivity contribution in [3.05, 3.63) is 98.6 Å². The number of anilines is 2. The Hall–Kier alpha value is -5.23. The van der Waals surface area contributed by atoms with Crippen LogP contribution in [-0.4, -0.2) is 55.9 Å². The first kappa shape index (κ1) is 40.9. The zero-order valence-electron chi connectivity index (χ0n) is 32.3. The summed E-state index contributed by atoms with van der Waals surface area (Å²) in [5.74, 6) is 2.97. The largest absolute Gasteiger partial charge is 0.457 e. The van der Waals surface area contributed by atoms with Crippen molar-refractivity contribution in [1.29, 1.82) is 5.26 Å². The quantitative estimate of drug-likeness (QED) is 0.101. The SMILES string of the molecule is C.CC(=O)Cc1cc(Oc2ccc3nc(Nc4cc(C5CC5)cn(C5CCCOC5)c4=O)n(C)c3c2)ccn1.N#CSc1cc(C2CC2)cn(C2CCCOC2)c1=O. The Balaban J connectivity index is 0.000000215. The van der Waals surface area contributed by atoms with Gasteiger partial charge in [0.2, 0.25) is 5.95 Å². The summed E-state index contributed by atoms with van der Waals surface area (Å²) in [6.45, 7) is 4.25. The molecule has 0 bridgehead atoms. The monoisotopic (exact) mass is 805 g/mol. The number of hydrogen-bond acceptors (Lipinski definition) is 11. The number of rotatable bonds is 11. The Kier molecular flexibility index (Phi) is 12.8. The maximum Gasteiger partial charge on any atom is 0.274 e. The molecule has 4 aromatic heterocycles. The fraction of sp³-hybridized carbons (Fsp3) is 0.455. The van der Waals surface area contributed by atoms with E-state index in [-0.39, 0.29) is 42.8 Å². The van der Waals surface area contributed by atoms with Crippen molar-refractivity contribution in [3.8, 4) is 16.9 Å². The van der Waals surface area contributed by atoms with E-state index < -0.39 is 0 Å². The minimum Gasteiger partial charge on any atom is -0.457 e. The van der Waals surface area contributed by atoms with Gasteiger partial charge in [0.05, 0.1) is 46.9 Å². The first-order chi connectivity index (χ1) is 27.7. The van der Waals surface area contributed by atoms with Gasteiger partial charge in [-0.15, -0.1) is 0 Å². The molecule has 58 heavy (non-hydrogen) atoms. The van der Waals surface area contributed by atoms with Gasteiger partial charge < -0.3 is 33.2 Å². The highest BCUT2D eigenvalue weighted by atomic mass is 32.2. The van der Waals surface area contributed by atoms with Crippen molar-refractivity contribution in [2.75, 3.05) is 31.7 Å². The predicted molar refractivity (Wildman–Crippen MR) is 224 cm³/mol. The highest BCUT2D eigenvalue weighted by Gasteiger charge is 2.29. The molecule has 1 aromatic carbocycles. The van der Waals surface area contributed by atoms with E-state index in [0.29, 0.717) is 58.8 Å². The molecule has 2 aliphatic heterocycles. The zero-order chi connectivity index (χ0) is 39.5. The summed E-state index contributed by atoms with van der Waals surface area (Å²) in [6, 6.07) is 13.3. The molecule has 9 rings (SSSR count). The highest BCUT2D eigenvalue weighted by Crippen LogP contribution is 2.42. The Morgan fingerprint density at radius 1 is 0.897 bits per heavy atom. The average Bonchev–Trinajstić information content (AvgIpc) is 4.16. The van der Waals surface area contributed by atoms with Crippen LogP contribution >= 0.6 is 11.8 Å². The van der Waals surface area contributed by atoms with Crippen molar-refractivity contribution in [3.63, 3.8) is 0 Å². The lowest BCUT2D eigenvalue weighted by molar-refractivity contribution is -0.116. The van der Waals surface area contributed by atoms with Crippen LogP contribution in [0.15, 0.2) is 75.5 Å². The lowest BCUT2D eigenvalue weighted by Crippen LogP contribution is -2.31. The number of carbonyl (C=O) groups excluding carboxylic acids is 1. The van der Waals surface area contributed by atoms with Gasteiger partial charge in [-0.2, -0.15) is 5.26 Å². The van der Waals surface area contributed by atoms with Crippen LogP contribution in [0.5, 0.6) is 11.5 Å². The Morgan fingerprint density at radius 2 is 1.53 bits per heavy atom. The molecule has 304 valence electrons. The second-order valence-electron chi connectivity index (χ2n) is 15.5. The number of nitrogens with one attached hydrogen (secondary N) is 1. The van der Waals surface area contributed by atoms with Crippen molar-refractivity contribution >= 4 is 40.2 Å². The summed E-state index contributed by atoms with van der Waals surface area (Å²) in [4.78, 5) is 46.9. The lowest BCUT2D eigenvalue weighted by atomic mass is 10.1. The standard InChI is InChI=1S/C29H31N5O4.C14H16N2O2S.CH4/c1-18(35)12-21-14-24(9-10-30-21)38-23-7-8-25-27(15-23)33(2)29(31-25)32-26-13-20(19-5-6-19)16-34(28(26)36)22-4-3-11-37-17-22;15-9-19-13-6-11(10-3-4-10)7-16(14(13)17)12-2-1-5-18-8-12;/h7-10,13-16,19,22H,3-6,11-12,17H2,1-2H3,(H,31,32);6-7,10,12H,1-5,8H2;1H4. The number of nitriles is 1. The molecule has 1 N–H and O–H groups in total. The van der Waals surface area contributed by atoms with Crippen LogP contribution in [0.1, 0.15) is 106 Å². The molecule has 14 heteroatoms. The molecule has 0 radical (unpaired) electrons. The van der Waals surface area contributed by atoms with Gasteiger partial charge in [0.25, 0.3) is 11.1 Å². The Morgan fingerprint density at radius 3 is 2.14 bits per heavy atom. The summed E-state index contributed by atoms with van der Waals surface area (Å²) in [7, 11) is 1.91. The normalized spacial score (nSPS) is 19.0. The fourth-order valence-electron chi connectivity index (χ4n) is 7.61. The number of thiocyanates is 1. The zero-order valence-corrected chi connectivity index (χ0v) is 33.1. The number of Topliss-reactive ketones (excluding diaryl/α,β-unsaturated/α-hetero) is 1. The molecule has 13 nitrogen and oxygen atoms in total. The van der Waals surface area contributed by atoms with Crippen molar-refractivity contribution < 1.29 is 19.0 Å². The third-order valence-corrected chi connectivity index (χ3v) is 11.6. The van der Waals surface area contributed by atoms with Crippen LogP contribution in [0.4, 0.5) is 11.6 Å². The lowest BCUT2D eigenvalue weighted by Gasteiger charge is -2.25. The number of ketones is 1. The minimum absolute atomic E-state index is 0. The molecule has 0 amide bonds. The van der Waals surface area contributed by atoms with Crippen LogP contribution in [0.3, 0.4) is 0 Å².